The van der Waals surface area contributed by atoms with Crippen LogP contribution in [0.3, 0.4) is 0 Å². The predicted molar refractivity (Wildman–Crippen MR) is 101 cm³/mol. The number of rotatable bonds is 4. The third-order valence-corrected chi connectivity index (χ3v) is 5.32. The van der Waals surface area contributed by atoms with E-state index in [0.717, 1.165) is 11.3 Å². The van der Waals surface area contributed by atoms with Crippen LogP contribution >= 0.6 is 0 Å². The van der Waals surface area contributed by atoms with Gasteiger partial charge in [-0.1, -0.05) is 24.3 Å². The number of carbonyl (C=O) groups excluding carboxylic acids is 3. The Balaban J connectivity index is 1.55. The van der Waals surface area contributed by atoms with Crippen molar-refractivity contribution in [3.8, 4) is 0 Å². The molecule has 28 heavy (non-hydrogen) atoms. The van der Waals surface area contributed by atoms with Crippen LogP contribution < -0.4 is 10.6 Å². The molecule has 4 rings (SSSR count). The molecule has 1 atom stereocenters. The second-order valence-corrected chi connectivity index (χ2v) is 7.13. The van der Waals surface area contributed by atoms with Crippen LogP contribution in [-0.2, 0) is 22.7 Å². The summed E-state index contributed by atoms with van der Waals surface area (Å²) in [6, 6.07) is 9.92. The number of nitrogens with one attached hydrogen (secondary N) is 2. The molecule has 2 heterocycles. The number of piperidine rings is 1. The standard InChI is InChI=1S/C21H20FN3O3/c1-12-4-2-5-13(19(12)22)10-23-16-7-3-6-14-15(16)11-25(21(14)28)17-8-9-18(26)24-20(17)27/h2-7,17,23H,8-11H2,1H3,(H,24,26,27). The number of hydrogen-bond acceptors (Lipinski definition) is 4. The van der Waals surface area contributed by atoms with Gasteiger partial charge in [0.25, 0.3) is 5.91 Å². The van der Waals surface area contributed by atoms with Gasteiger partial charge in [-0.25, -0.2) is 4.39 Å². The Morgan fingerprint density at radius 2 is 1.96 bits per heavy atom. The first-order valence-electron chi connectivity index (χ1n) is 9.20. The number of hydrogen-bond donors (Lipinski definition) is 2. The summed E-state index contributed by atoms with van der Waals surface area (Å²) in [5.41, 5.74) is 3.17. The number of carbonyl (C=O) groups is 3. The van der Waals surface area contributed by atoms with Crippen LogP contribution in [0.1, 0.15) is 39.9 Å². The lowest BCUT2D eigenvalue weighted by molar-refractivity contribution is -0.136. The Kier molecular flexibility index (Phi) is 4.58. The topological polar surface area (TPSA) is 78.5 Å². The monoisotopic (exact) mass is 381 g/mol. The SMILES string of the molecule is Cc1cccc(CNc2cccc3c2CN(C2CCC(=O)NC2=O)C3=O)c1F. The molecule has 7 heteroatoms. The highest BCUT2D eigenvalue weighted by Gasteiger charge is 2.39. The number of imide groups is 1. The number of halogens is 1. The minimum Gasteiger partial charge on any atom is -0.381 e. The normalized spacial score (nSPS) is 18.9. The molecule has 1 fully saturated rings. The van der Waals surface area contributed by atoms with Crippen LogP contribution in [0.15, 0.2) is 36.4 Å². The van der Waals surface area contributed by atoms with Gasteiger partial charge in [0.05, 0.1) is 0 Å². The molecule has 1 unspecified atom stereocenters. The highest BCUT2D eigenvalue weighted by Crippen LogP contribution is 2.32. The first-order chi connectivity index (χ1) is 13.5. The molecule has 0 radical (unpaired) electrons. The number of fused-ring (bicyclic) bond motifs is 1. The minimum atomic E-state index is -0.653. The number of nitrogens with zero attached hydrogens (tertiary/aromatic N) is 1. The van der Waals surface area contributed by atoms with E-state index in [1.807, 2.05) is 6.07 Å². The average molecular weight is 381 g/mol. The zero-order chi connectivity index (χ0) is 19.8. The molecule has 0 saturated carbocycles. The Morgan fingerprint density at radius 1 is 1.18 bits per heavy atom. The first-order valence-corrected chi connectivity index (χ1v) is 9.20. The van der Waals surface area contributed by atoms with Gasteiger partial charge in [-0.3, -0.25) is 19.7 Å². The molecule has 2 N–H and O–H groups in total. The molecule has 2 aromatic carbocycles. The van der Waals surface area contributed by atoms with Crippen molar-refractivity contribution in [2.75, 3.05) is 5.32 Å². The fourth-order valence-electron chi connectivity index (χ4n) is 3.79. The van der Waals surface area contributed by atoms with Gasteiger partial charge in [0.15, 0.2) is 0 Å². The summed E-state index contributed by atoms with van der Waals surface area (Å²) in [4.78, 5) is 37.9. The van der Waals surface area contributed by atoms with Crippen LogP contribution in [0.5, 0.6) is 0 Å². The maximum absolute atomic E-state index is 14.2. The van der Waals surface area contributed by atoms with Crippen molar-refractivity contribution < 1.29 is 18.8 Å². The highest BCUT2D eigenvalue weighted by atomic mass is 19.1. The molecule has 0 spiro atoms. The van der Waals surface area contributed by atoms with E-state index in [9.17, 15) is 18.8 Å². The maximum Gasteiger partial charge on any atom is 0.255 e. The second kappa shape index (κ2) is 7.07. The molecule has 144 valence electrons. The molecule has 0 bridgehead atoms. The smallest absolute Gasteiger partial charge is 0.255 e. The molecule has 0 aliphatic carbocycles. The summed E-state index contributed by atoms with van der Waals surface area (Å²) in [5, 5.41) is 5.52. The lowest BCUT2D eigenvalue weighted by atomic mass is 10.0. The summed E-state index contributed by atoms with van der Waals surface area (Å²) >= 11 is 0. The Morgan fingerprint density at radius 3 is 2.75 bits per heavy atom. The van der Waals surface area contributed by atoms with Crippen LogP contribution in [-0.4, -0.2) is 28.7 Å². The lowest BCUT2D eigenvalue weighted by Crippen LogP contribution is -2.52. The Labute approximate surface area is 161 Å². The summed E-state index contributed by atoms with van der Waals surface area (Å²) in [6.45, 7) is 2.28. The number of amides is 3. The van der Waals surface area contributed by atoms with E-state index < -0.39 is 11.9 Å². The lowest BCUT2D eigenvalue weighted by Gasteiger charge is -2.29. The summed E-state index contributed by atoms with van der Waals surface area (Å²) < 4.78 is 14.2. The van der Waals surface area contributed by atoms with Crippen LogP contribution in [0.4, 0.5) is 10.1 Å². The van der Waals surface area contributed by atoms with E-state index in [2.05, 4.69) is 10.6 Å². The van der Waals surface area contributed by atoms with Crippen molar-refractivity contribution in [1.29, 1.82) is 0 Å². The first kappa shape index (κ1) is 18.2. The van der Waals surface area contributed by atoms with Crippen LogP contribution in [0, 0.1) is 12.7 Å². The molecule has 0 aromatic heterocycles. The molecular formula is C21H20FN3O3. The Bertz CT molecular complexity index is 989. The number of aryl methyl sites for hydroxylation is 1. The molecule has 2 aliphatic heterocycles. The quantitative estimate of drug-likeness (QED) is 0.798. The summed E-state index contributed by atoms with van der Waals surface area (Å²) in [5.74, 6) is -1.22. The summed E-state index contributed by atoms with van der Waals surface area (Å²) in [7, 11) is 0. The van der Waals surface area contributed by atoms with Gasteiger partial charge in [-0.2, -0.15) is 0 Å². The van der Waals surface area contributed by atoms with Gasteiger partial charge in [-0.05, 0) is 31.0 Å². The van der Waals surface area contributed by atoms with E-state index in [1.165, 1.54) is 4.90 Å². The van der Waals surface area contributed by atoms with Gasteiger partial charge in [-0.15, -0.1) is 0 Å². The van der Waals surface area contributed by atoms with Crippen molar-refractivity contribution in [2.24, 2.45) is 0 Å². The zero-order valence-corrected chi connectivity index (χ0v) is 15.4. The van der Waals surface area contributed by atoms with E-state index in [4.69, 9.17) is 0 Å². The maximum atomic E-state index is 14.2. The van der Waals surface area contributed by atoms with Crippen molar-refractivity contribution in [2.45, 2.75) is 38.9 Å². The van der Waals surface area contributed by atoms with Gasteiger partial charge in [0, 0.05) is 41.9 Å². The van der Waals surface area contributed by atoms with Gasteiger partial charge >= 0.3 is 0 Å². The summed E-state index contributed by atoms with van der Waals surface area (Å²) in [6.07, 6.45) is 0.538. The number of anilines is 1. The molecular weight excluding hydrogens is 361 g/mol. The van der Waals surface area contributed by atoms with Crippen molar-refractivity contribution in [1.82, 2.24) is 10.2 Å². The van der Waals surface area contributed by atoms with E-state index >= 15 is 0 Å². The molecule has 2 aliphatic rings. The van der Waals surface area contributed by atoms with Crippen molar-refractivity contribution in [3.05, 3.63) is 64.5 Å². The van der Waals surface area contributed by atoms with E-state index in [-0.39, 0.29) is 37.1 Å². The van der Waals surface area contributed by atoms with Gasteiger partial charge in [0.2, 0.25) is 11.8 Å². The largest absolute Gasteiger partial charge is 0.381 e. The predicted octanol–water partition coefficient (Wildman–Crippen LogP) is 2.51. The molecule has 1 saturated heterocycles. The fraction of sp³-hybridized carbons (Fsp3) is 0.286. The van der Waals surface area contributed by atoms with Crippen molar-refractivity contribution in [3.63, 3.8) is 0 Å². The van der Waals surface area contributed by atoms with Crippen LogP contribution in [0.25, 0.3) is 0 Å². The van der Waals surface area contributed by atoms with E-state index in [0.29, 0.717) is 23.1 Å². The van der Waals surface area contributed by atoms with E-state index in [1.54, 1.807) is 37.3 Å². The van der Waals surface area contributed by atoms with Crippen LogP contribution in [0.2, 0.25) is 0 Å². The molecule has 6 nitrogen and oxygen atoms in total. The van der Waals surface area contributed by atoms with Gasteiger partial charge < -0.3 is 10.2 Å². The molecule has 2 aromatic rings. The third-order valence-electron chi connectivity index (χ3n) is 5.32. The molecule has 3 amide bonds. The average Bonchev–Trinajstić information content (AvgIpc) is 3.00. The third kappa shape index (κ3) is 3.13. The fourth-order valence-corrected chi connectivity index (χ4v) is 3.79. The van der Waals surface area contributed by atoms with Crippen molar-refractivity contribution >= 4 is 23.4 Å². The number of benzene rings is 2. The second-order valence-electron chi connectivity index (χ2n) is 7.13. The minimum absolute atomic E-state index is 0.217. The Hall–Kier alpha value is -3.22. The zero-order valence-electron chi connectivity index (χ0n) is 15.4. The van der Waals surface area contributed by atoms with Gasteiger partial charge in [0.1, 0.15) is 11.9 Å². The highest BCUT2D eigenvalue weighted by molar-refractivity contribution is 6.06.